The lowest BCUT2D eigenvalue weighted by Gasteiger charge is -2.09. The molecule has 0 aliphatic carbocycles. The number of hydrogen-bond donors (Lipinski definition) is 1. The van der Waals surface area contributed by atoms with Crippen molar-refractivity contribution in [1.82, 2.24) is 9.97 Å². The Kier molecular flexibility index (Phi) is 3.28. The number of hydrogen-bond acceptors (Lipinski definition) is 4. The van der Waals surface area contributed by atoms with Gasteiger partial charge in [-0.05, 0) is 53.2 Å². The molecule has 100 valence electrons. The van der Waals surface area contributed by atoms with Gasteiger partial charge in [0.05, 0.1) is 11.2 Å². The van der Waals surface area contributed by atoms with Crippen LogP contribution in [0, 0.1) is 6.92 Å². The van der Waals surface area contributed by atoms with Crippen LogP contribution in [-0.2, 0) is 0 Å². The van der Waals surface area contributed by atoms with Gasteiger partial charge in [0.2, 0.25) is 0 Å². The summed E-state index contributed by atoms with van der Waals surface area (Å²) in [6.07, 6.45) is 1.71. The Balaban J connectivity index is 2.07. The number of halogens is 1. The minimum Gasteiger partial charge on any atom is -0.455 e. The highest BCUT2D eigenvalue weighted by molar-refractivity contribution is 9.10. The Bertz CT molecular complexity index is 772. The Morgan fingerprint density at radius 3 is 2.65 bits per heavy atom. The Morgan fingerprint density at radius 1 is 1.15 bits per heavy atom. The zero-order chi connectivity index (χ0) is 14.1. The number of nitrogens with two attached hydrogens (primary N) is 1. The van der Waals surface area contributed by atoms with Crippen LogP contribution in [0.4, 0.5) is 5.69 Å². The van der Waals surface area contributed by atoms with E-state index in [0.29, 0.717) is 17.2 Å². The maximum atomic E-state index is 5.87. The minimum absolute atomic E-state index is 0.676. The van der Waals surface area contributed by atoms with Crippen molar-refractivity contribution in [3.8, 4) is 11.5 Å². The second kappa shape index (κ2) is 5.09. The van der Waals surface area contributed by atoms with E-state index in [1.807, 2.05) is 25.1 Å². The van der Waals surface area contributed by atoms with Gasteiger partial charge in [0.25, 0.3) is 0 Å². The van der Waals surface area contributed by atoms with Gasteiger partial charge in [-0.15, -0.1) is 0 Å². The number of benzene rings is 1. The fourth-order valence-corrected chi connectivity index (χ4v) is 2.17. The van der Waals surface area contributed by atoms with Gasteiger partial charge in [-0.3, -0.25) is 4.98 Å². The van der Waals surface area contributed by atoms with Crippen molar-refractivity contribution in [2.45, 2.75) is 6.92 Å². The SMILES string of the molecule is Cc1nc2c(Oc3ccc(N)cc3)ccnc2cc1Br. The first kappa shape index (κ1) is 12.9. The molecule has 0 aliphatic rings. The molecule has 0 fully saturated rings. The molecule has 3 aromatic rings. The van der Waals surface area contributed by atoms with Gasteiger partial charge >= 0.3 is 0 Å². The number of fused-ring (bicyclic) bond motifs is 1. The van der Waals surface area contributed by atoms with Crippen LogP contribution in [0.1, 0.15) is 5.69 Å². The molecule has 3 rings (SSSR count). The van der Waals surface area contributed by atoms with Crippen LogP contribution in [0.15, 0.2) is 47.1 Å². The van der Waals surface area contributed by atoms with Crippen molar-refractivity contribution in [2.24, 2.45) is 0 Å². The van der Waals surface area contributed by atoms with Gasteiger partial charge < -0.3 is 10.5 Å². The fraction of sp³-hybridized carbons (Fsp3) is 0.0667. The molecule has 20 heavy (non-hydrogen) atoms. The van der Waals surface area contributed by atoms with Crippen LogP contribution in [-0.4, -0.2) is 9.97 Å². The molecule has 0 radical (unpaired) electrons. The highest BCUT2D eigenvalue weighted by Gasteiger charge is 2.08. The molecule has 2 N–H and O–H groups in total. The monoisotopic (exact) mass is 329 g/mol. The molecule has 0 saturated carbocycles. The summed E-state index contributed by atoms with van der Waals surface area (Å²) in [5, 5.41) is 0. The molecule has 5 heteroatoms. The van der Waals surface area contributed by atoms with Crippen LogP contribution < -0.4 is 10.5 Å². The van der Waals surface area contributed by atoms with Crippen molar-refractivity contribution in [1.29, 1.82) is 0 Å². The molecule has 2 aromatic heterocycles. The minimum atomic E-state index is 0.676. The predicted octanol–water partition coefficient (Wildman–Crippen LogP) is 4.08. The van der Waals surface area contributed by atoms with Crippen LogP contribution >= 0.6 is 15.9 Å². The largest absolute Gasteiger partial charge is 0.455 e. The Labute approximate surface area is 124 Å². The van der Waals surface area contributed by atoms with Crippen LogP contribution in [0.25, 0.3) is 11.0 Å². The summed E-state index contributed by atoms with van der Waals surface area (Å²) < 4.78 is 6.80. The number of anilines is 1. The maximum absolute atomic E-state index is 5.87. The Hall–Kier alpha value is -2.14. The normalized spacial score (nSPS) is 10.7. The van der Waals surface area contributed by atoms with Crippen LogP contribution in [0.2, 0.25) is 0 Å². The molecule has 0 unspecified atom stereocenters. The third-order valence-corrected chi connectivity index (χ3v) is 3.71. The number of nitrogen functional groups attached to an aromatic ring is 1. The van der Waals surface area contributed by atoms with Crippen LogP contribution in [0.3, 0.4) is 0 Å². The van der Waals surface area contributed by atoms with E-state index in [1.54, 1.807) is 24.4 Å². The Morgan fingerprint density at radius 2 is 1.90 bits per heavy atom. The van der Waals surface area contributed by atoms with Crippen molar-refractivity contribution >= 4 is 32.7 Å². The smallest absolute Gasteiger partial charge is 0.156 e. The summed E-state index contributed by atoms with van der Waals surface area (Å²) >= 11 is 3.46. The number of ether oxygens (including phenoxy) is 1. The number of aryl methyl sites for hydroxylation is 1. The average molecular weight is 330 g/mol. The summed E-state index contributed by atoms with van der Waals surface area (Å²) in [4.78, 5) is 8.84. The highest BCUT2D eigenvalue weighted by Crippen LogP contribution is 2.30. The summed E-state index contributed by atoms with van der Waals surface area (Å²) in [6, 6.07) is 11.0. The quantitative estimate of drug-likeness (QED) is 0.720. The first-order valence-electron chi connectivity index (χ1n) is 6.09. The predicted molar refractivity (Wildman–Crippen MR) is 82.9 cm³/mol. The molecule has 0 saturated heterocycles. The number of rotatable bonds is 2. The van der Waals surface area contributed by atoms with E-state index in [2.05, 4.69) is 25.9 Å². The summed E-state index contributed by atoms with van der Waals surface area (Å²) in [7, 11) is 0. The van der Waals surface area contributed by atoms with Gasteiger partial charge in [-0.1, -0.05) is 0 Å². The van der Waals surface area contributed by atoms with E-state index in [-0.39, 0.29) is 0 Å². The zero-order valence-electron chi connectivity index (χ0n) is 10.8. The third-order valence-electron chi connectivity index (χ3n) is 2.91. The molecule has 0 atom stereocenters. The lowest BCUT2D eigenvalue weighted by Crippen LogP contribution is -1.93. The second-order valence-electron chi connectivity index (χ2n) is 4.40. The molecule has 0 aliphatic heterocycles. The van der Waals surface area contributed by atoms with E-state index in [1.165, 1.54) is 0 Å². The average Bonchev–Trinajstić information content (AvgIpc) is 2.43. The third kappa shape index (κ3) is 2.44. The van der Waals surface area contributed by atoms with Gasteiger partial charge in [0.15, 0.2) is 5.75 Å². The van der Waals surface area contributed by atoms with Crippen molar-refractivity contribution in [3.05, 3.63) is 52.8 Å². The lowest BCUT2D eigenvalue weighted by molar-refractivity contribution is 0.486. The van der Waals surface area contributed by atoms with Crippen molar-refractivity contribution in [3.63, 3.8) is 0 Å². The zero-order valence-corrected chi connectivity index (χ0v) is 12.4. The van der Waals surface area contributed by atoms with E-state index in [0.717, 1.165) is 21.2 Å². The first-order valence-corrected chi connectivity index (χ1v) is 6.88. The summed E-state index contributed by atoms with van der Waals surface area (Å²) in [5.41, 5.74) is 8.79. The number of pyridine rings is 2. The number of nitrogens with zero attached hydrogens (tertiary/aromatic N) is 2. The number of aromatic nitrogens is 2. The van der Waals surface area contributed by atoms with E-state index in [4.69, 9.17) is 10.5 Å². The van der Waals surface area contributed by atoms with Crippen molar-refractivity contribution < 1.29 is 4.74 Å². The molecule has 2 heterocycles. The molecule has 4 nitrogen and oxygen atoms in total. The van der Waals surface area contributed by atoms with E-state index in [9.17, 15) is 0 Å². The van der Waals surface area contributed by atoms with Crippen LogP contribution in [0.5, 0.6) is 11.5 Å². The van der Waals surface area contributed by atoms with Gasteiger partial charge in [0, 0.05) is 22.4 Å². The standard InChI is InChI=1S/C15H12BrN3O/c1-9-12(16)8-13-15(19-9)14(6-7-18-13)20-11-4-2-10(17)3-5-11/h2-8H,17H2,1H3. The molecule has 1 aromatic carbocycles. The summed E-state index contributed by atoms with van der Waals surface area (Å²) in [6.45, 7) is 1.93. The molecular weight excluding hydrogens is 318 g/mol. The van der Waals surface area contributed by atoms with Crippen molar-refractivity contribution in [2.75, 3.05) is 5.73 Å². The topological polar surface area (TPSA) is 61.0 Å². The molecule has 0 amide bonds. The lowest BCUT2D eigenvalue weighted by atomic mass is 10.2. The van der Waals surface area contributed by atoms with Gasteiger partial charge in [-0.25, -0.2) is 4.98 Å². The molecule has 0 spiro atoms. The van der Waals surface area contributed by atoms with E-state index < -0.39 is 0 Å². The van der Waals surface area contributed by atoms with Gasteiger partial charge in [0.1, 0.15) is 11.3 Å². The molecule has 0 bridgehead atoms. The maximum Gasteiger partial charge on any atom is 0.156 e. The second-order valence-corrected chi connectivity index (χ2v) is 5.26. The first-order chi connectivity index (χ1) is 9.63. The molecular formula is C15H12BrN3O. The highest BCUT2D eigenvalue weighted by atomic mass is 79.9. The summed E-state index contributed by atoms with van der Waals surface area (Å²) in [5.74, 6) is 1.39. The van der Waals surface area contributed by atoms with E-state index >= 15 is 0 Å². The fourth-order valence-electron chi connectivity index (χ4n) is 1.86. The van der Waals surface area contributed by atoms with Gasteiger partial charge in [-0.2, -0.15) is 0 Å².